The van der Waals surface area contributed by atoms with Crippen molar-refractivity contribution in [3.8, 4) is 0 Å². The summed E-state index contributed by atoms with van der Waals surface area (Å²) < 4.78 is 4.93. The van der Waals surface area contributed by atoms with Crippen LogP contribution in [0.25, 0.3) is 0 Å². The van der Waals surface area contributed by atoms with E-state index >= 15 is 0 Å². The molecule has 0 spiro atoms. The molecule has 5 heteroatoms. The molecule has 1 unspecified atom stereocenters. The quantitative estimate of drug-likeness (QED) is 0.585. The Kier molecular flexibility index (Phi) is 5.65. The first-order valence-electron chi connectivity index (χ1n) is 5.66. The molecule has 2 N–H and O–H groups in total. The van der Waals surface area contributed by atoms with E-state index in [1.54, 1.807) is 25.8 Å². The Morgan fingerprint density at radius 3 is 2.50 bits per heavy atom. The number of methoxy groups -OCH3 is 1. The van der Waals surface area contributed by atoms with E-state index in [2.05, 4.69) is 5.32 Å². The van der Waals surface area contributed by atoms with Gasteiger partial charge in [0.15, 0.2) is 0 Å². The normalized spacial score (nSPS) is 14.2. The molecule has 0 aliphatic carbocycles. The zero-order chi connectivity index (χ0) is 13.6. The third kappa shape index (κ3) is 3.48. The van der Waals surface area contributed by atoms with Gasteiger partial charge >= 0.3 is 5.97 Å². The van der Waals surface area contributed by atoms with Crippen molar-refractivity contribution in [1.29, 1.82) is 0 Å². The zero-order valence-corrected chi connectivity index (χ0v) is 11.7. The number of benzene rings is 1. The van der Waals surface area contributed by atoms with Gasteiger partial charge in [-0.3, -0.25) is 5.32 Å². The lowest BCUT2D eigenvalue weighted by atomic mass is 9.92. The second-order valence-corrected chi connectivity index (χ2v) is 4.96. The van der Waals surface area contributed by atoms with E-state index in [9.17, 15) is 9.90 Å². The Hall–Kier alpha value is -1.04. The summed E-state index contributed by atoms with van der Waals surface area (Å²) in [7, 11) is 1.59. The number of nitrogens with one attached hydrogen (secondary N) is 1. The third-order valence-electron chi connectivity index (χ3n) is 2.88. The summed E-state index contributed by atoms with van der Waals surface area (Å²) in [5, 5.41) is 12.4. The Bertz CT molecular complexity index is 394. The van der Waals surface area contributed by atoms with Crippen molar-refractivity contribution in [3.05, 3.63) is 29.8 Å². The van der Waals surface area contributed by atoms with Gasteiger partial charge in [0.05, 0.1) is 6.61 Å². The van der Waals surface area contributed by atoms with Gasteiger partial charge in [-0.2, -0.15) is 0 Å². The summed E-state index contributed by atoms with van der Waals surface area (Å²) in [6.07, 6.45) is 1.99. The molecule has 0 saturated heterocycles. The highest BCUT2D eigenvalue weighted by atomic mass is 32.2. The molecule has 0 aromatic heterocycles. The smallest absolute Gasteiger partial charge is 0.328 e. The monoisotopic (exact) mass is 269 g/mol. The molecule has 0 aliphatic heterocycles. The molecular formula is C13H19NO3S. The predicted molar refractivity (Wildman–Crippen MR) is 73.1 cm³/mol. The van der Waals surface area contributed by atoms with E-state index in [4.69, 9.17) is 4.74 Å². The van der Waals surface area contributed by atoms with E-state index in [-0.39, 0.29) is 0 Å². The molecule has 0 heterocycles. The standard InChI is InChI=1S/C13H19NO3S/c1-13(12(15)16,14-8-9-17-2)10-4-6-11(18-3)7-5-10/h4-7,14H,8-9H2,1-3H3,(H,15,16). The van der Waals surface area contributed by atoms with Crippen molar-refractivity contribution in [2.45, 2.75) is 17.4 Å². The summed E-state index contributed by atoms with van der Waals surface area (Å²) in [5.74, 6) is -0.893. The topological polar surface area (TPSA) is 58.6 Å². The summed E-state index contributed by atoms with van der Waals surface area (Å²) in [6.45, 7) is 2.63. The van der Waals surface area contributed by atoms with Gasteiger partial charge in [-0.05, 0) is 30.9 Å². The average Bonchev–Trinajstić information content (AvgIpc) is 2.38. The van der Waals surface area contributed by atoms with Crippen molar-refractivity contribution >= 4 is 17.7 Å². The van der Waals surface area contributed by atoms with Crippen LogP contribution in [-0.4, -0.2) is 37.6 Å². The molecule has 1 rings (SSSR count). The molecular weight excluding hydrogens is 250 g/mol. The predicted octanol–water partition coefficient (Wildman–Crippen LogP) is 1.94. The Balaban J connectivity index is 2.91. The Morgan fingerprint density at radius 1 is 1.44 bits per heavy atom. The molecule has 4 nitrogen and oxygen atoms in total. The molecule has 18 heavy (non-hydrogen) atoms. The first-order chi connectivity index (χ1) is 8.54. The molecule has 0 saturated carbocycles. The lowest BCUT2D eigenvalue weighted by Gasteiger charge is -2.27. The summed E-state index contributed by atoms with van der Waals surface area (Å²) in [6, 6.07) is 7.55. The molecule has 0 radical (unpaired) electrons. The number of aliphatic carboxylic acids is 1. The number of thioether (sulfide) groups is 1. The van der Waals surface area contributed by atoms with Gasteiger partial charge in [0, 0.05) is 18.6 Å². The highest BCUT2D eigenvalue weighted by Gasteiger charge is 2.34. The Labute approximate surface area is 112 Å². The minimum atomic E-state index is -1.09. The third-order valence-corrected chi connectivity index (χ3v) is 3.62. The summed E-state index contributed by atoms with van der Waals surface area (Å²) in [4.78, 5) is 12.6. The highest BCUT2D eigenvalue weighted by molar-refractivity contribution is 7.98. The molecule has 0 amide bonds. The Morgan fingerprint density at radius 2 is 2.06 bits per heavy atom. The maximum atomic E-state index is 11.5. The van der Waals surface area contributed by atoms with E-state index in [1.807, 2.05) is 30.5 Å². The molecule has 1 aromatic rings. The van der Waals surface area contributed by atoms with Crippen LogP contribution < -0.4 is 5.32 Å². The van der Waals surface area contributed by atoms with Gasteiger partial charge in [0.25, 0.3) is 0 Å². The number of carboxylic acid groups (broad SMARTS) is 1. The second-order valence-electron chi connectivity index (χ2n) is 4.08. The average molecular weight is 269 g/mol. The fourth-order valence-electron chi connectivity index (χ4n) is 1.63. The van der Waals surface area contributed by atoms with E-state index in [0.717, 1.165) is 10.5 Å². The van der Waals surface area contributed by atoms with Crippen LogP contribution in [0.15, 0.2) is 29.2 Å². The molecule has 0 fully saturated rings. The molecule has 1 aromatic carbocycles. The van der Waals surface area contributed by atoms with Crippen molar-refractivity contribution in [2.24, 2.45) is 0 Å². The number of rotatable bonds is 7. The largest absolute Gasteiger partial charge is 0.480 e. The van der Waals surface area contributed by atoms with Crippen LogP contribution in [0.1, 0.15) is 12.5 Å². The van der Waals surface area contributed by atoms with Gasteiger partial charge in [-0.1, -0.05) is 12.1 Å². The van der Waals surface area contributed by atoms with E-state index in [0.29, 0.717) is 13.2 Å². The maximum absolute atomic E-state index is 11.5. The van der Waals surface area contributed by atoms with Gasteiger partial charge in [0.2, 0.25) is 0 Å². The maximum Gasteiger partial charge on any atom is 0.328 e. The van der Waals surface area contributed by atoms with Gasteiger partial charge in [0.1, 0.15) is 5.54 Å². The van der Waals surface area contributed by atoms with Gasteiger partial charge < -0.3 is 9.84 Å². The number of carboxylic acids is 1. The van der Waals surface area contributed by atoms with Crippen LogP contribution in [-0.2, 0) is 15.1 Å². The van der Waals surface area contributed by atoms with Crippen molar-refractivity contribution in [2.75, 3.05) is 26.5 Å². The van der Waals surface area contributed by atoms with Crippen LogP contribution >= 0.6 is 11.8 Å². The number of carbonyl (C=O) groups is 1. The summed E-state index contributed by atoms with van der Waals surface area (Å²) >= 11 is 1.63. The molecule has 100 valence electrons. The van der Waals surface area contributed by atoms with Crippen LogP contribution in [0.3, 0.4) is 0 Å². The van der Waals surface area contributed by atoms with E-state index in [1.165, 1.54) is 0 Å². The van der Waals surface area contributed by atoms with Crippen molar-refractivity contribution in [3.63, 3.8) is 0 Å². The SMILES string of the molecule is COCCNC(C)(C(=O)O)c1ccc(SC)cc1. The van der Waals surface area contributed by atoms with Crippen molar-refractivity contribution < 1.29 is 14.6 Å². The van der Waals surface area contributed by atoms with Crippen molar-refractivity contribution in [1.82, 2.24) is 5.32 Å². The lowest BCUT2D eigenvalue weighted by molar-refractivity contribution is -0.144. The van der Waals surface area contributed by atoms with Gasteiger partial charge in [-0.25, -0.2) is 4.79 Å². The van der Waals surface area contributed by atoms with Gasteiger partial charge in [-0.15, -0.1) is 11.8 Å². The fraction of sp³-hybridized carbons (Fsp3) is 0.462. The number of hydrogen-bond donors (Lipinski definition) is 2. The lowest BCUT2D eigenvalue weighted by Crippen LogP contribution is -2.47. The summed E-state index contributed by atoms with van der Waals surface area (Å²) in [5.41, 5.74) is -0.348. The fourth-order valence-corrected chi connectivity index (χ4v) is 2.04. The first kappa shape index (κ1) is 15.0. The molecule has 0 aliphatic rings. The van der Waals surface area contributed by atoms with Crippen LogP contribution in [0.5, 0.6) is 0 Å². The number of hydrogen-bond acceptors (Lipinski definition) is 4. The van der Waals surface area contributed by atoms with Crippen LogP contribution in [0, 0.1) is 0 Å². The highest BCUT2D eigenvalue weighted by Crippen LogP contribution is 2.24. The molecule has 1 atom stereocenters. The first-order valence-corrected chi connectivity index (χ1v) is 6.89. The minimum Gasteiger partial charge on any atom is -0.480 e. The second kappa shape index (κ2) is 6.78. The minimum absolute atomic E-state index is 0.478. The van der Waals surface area contributed by atoms with Crippen LogP contribution in [0.4, 0.5) is 0 Å². The molecule has 0 bridgehead atoms. The number of ether oxygens (including phenoxy) is 1. The van der Waals surface area contributed by atoms with Crippen LogP contribution in [0.2, 0.25) is 0 Å². The zero-order valence-electron chi connectivity index (χ0n) is 10.9. The van der Waals surface area contributed by atoms with E-state index < -0.39 is 11.5 Å².